The van der Waals surface area contributed by atoms with Gasteiger partial charge in [0.05, 0.1) is 0 Å². The van der Waals surface area contributed by atoms with Crippen LogP contribution in [0, 0.1) is 0 Å². The van der Waals surface area contributed by atoms with E-state index in [-0.39, 0.29) is 12.1 Å². The van der Waals surface area contributed by atoms with Crippen LogP contribution in [-0.2, 0) is 0 Å². The third-order valence-corrected chi connectivity index (χ3v) is 5.66. The maximum absolute atomic E-state index is 8.81. The van der Waals surface area contributed by atoms with E-state index in [1.54, 1.807) is 0 Å². The highest BCUT2D eigenvalue weighted by atomic mass is 28.3. The Morgan fingerprint density at radius 1 is 0.783 bits per heavy atom. The standard InChI is InChI=1S/C16H34N6Si/c1-5-6-7-8-9-10-11-12-13-15(19-21-17)16(20-22-18)14-23(2,3)4/h15-16H,5-14H2,1-4H3. The van der Waals surface area contributed by atoms with E-state index in [9.17, 15) is 0 Å². The lowest BCUT2D eigenvalue weighted by Gasteiger charge is -2.25. The van der Waals surface area contributed by atoms with Crippen LogP contribution in [0.3, 0.4) is 0 Å². The van der Waals surface area contributed by atoms with E-state index < -0.39 is 8.07 Å². The van der Waals surface area contributed by atoms with Crippen LogP contribution in [0.4, 0.5) is 0 Å². The quantitative estimate of drug-likeness (QED) is 0.105. The zero-order valence-corrected chi connectivity index (χ0v) is 16.4. The molecule has 0 rings (SSSR count). The molecule has 0 saturated heterocycles. The Kier molecular flexibility index (Phi) is 12.6. The van der Waals surface area contributed by atoms with Gasteiger partial charge in [-0.05, 0) is 23.5 Å². The molecule has 6 nitrogen and oxygen atoms in total. The van der Waals surface area contributed by atoms with Crippen molar-refractivity contribution in [2.75, 3.05) is 0 Å². The van der Waals surface area contributed by atoms with Crippen molar-refractivity contribution in [3.8, 4) is 0 Å². The van der Waals surface area contributed by atoms with Crippen molar-refractivity contribution in [3.05, 3.63) is 20.9 Å². The summed E-state index contributed by atoms with van der Waals surface area (Å²) in [6, 6.07) is 0.493. The highest BCUT2D eigenvalue weighted by molar-refractivity contribution is 6.76. The van der Waals surface area contributed by atoms with Crippen LogP contribution in [0.1, 0.15) is 64.7 Å². The molecule has 2 unspecified atom stereocenters. The topological polar surface area (TPSA) is 97.5 Å². The Morgan fingerprint density at radius 3 is 1.74 bits per heavy atom. The highest BCUT2D eigenvalue weighted by Crippen LogP contribution is 2.23. The first-order valence-corrected chi connectivity index (χ1v) is 12.7. The maximum Gasteiger partial charge on any atom is 0.0455 e. The van der Waals surface area contributed by atoms with E-state index in [1.807, 2.05) is 0 Å². The average molecular weight is 339 g/mol. The Labute approximate surface area is 142 Å². The second-order valence-electron chi connectivity index (χ2n) is 7.57. The zero-order valence-electron chi connectivity index (χ0n) is 15.4. The van der Waals surface area contributed by atoms with E-state index in [2.05, 4.69) is 46.6 Å². The predicted molar refractivity (Wildman–Crippen MR) is 101 cm³/mol. The molecule has 0 spiro atoms. The summed E-state index contributed by atoms with van der Waals surface area (Å²) in [5, 5.41) is 7.85. The van der Waals surface area contributed by atoms with Crippen LogP contribution >= 0.6 is 0 Å². The van der Waals surface area contributed by atoms with Crippen molar-refractivity contribution >= 4 is 8.07 Å². The summed E-state index contributed by atoms with van der Waals surface area (Å²) in [5.74, 6) is 0. The smallest absolute Gasteiger partial charge is 0.0455 e. The van der Waals surface area contributed by atoms with Crippen molar-refractivity contribution in [3.63, 3.8) is 0 Å². The van der Waals surface area contributed by atoms with E-state index >= 15 is 0 Å². The second-order valence-corrected chi connectivity index (χ2v) is 13.1. The first kappa shape index (κ1) is 21.8. The Morgan fingerprint density at radius 2 is 1.26 bits per heavy atom. The molecular weight excluding hydrogens is 304 g/mol. The number of rotatable bonds is 14. The van der Waals surface area contributed by atoms with Gasteiger partial charge in [0.1, 0.15) is 0 Å². The Hall–Kier alpha value is -1.16. The molecule has 0 fully saturated rings. The number of nitrogens with zero attached hydrogens (tertiary/aromatic N) is 6. The van der Waals surface area contributed by atoms with E-state index in [1.165, 1.54) is 44.9 Å². The first-order valence-electron chi connectivity index (χ1n) is 9.03. The third kappa shape index (κ3) is 13.0. The molecule has 0 aromatic heterocycles. The molecule has 0 radical (unpaired) electrons. The maximum atomic E-state index is 8.81. The predicted octanol–water partition coefficient (Wildman–Crippen LogP) is 7.21. The molecule has 0 aromatic rings. The van der Waals surface area contributed by atoms with Gasteiger partial charge >= 0.3 is 0 Å². The summed E-state index contributed by atoms with van der Waals surface area (Å²) in [6.45, 7) is 8.97. The van der Waals surface area contributed by atoms with Crippen molar-refractivity contribution in [1.82, 2.24) is 0 Å². The van der Waals surface area contributed by atoms with Crippen molar-refractivity contribution in [2.45, 2.75) is 102 Å². The summed E-state index contributed by atoms with van der Waals surface area (Å²) < 4.78 is 0. The molecule has 23 heavy (non-hydrogen) atoms. The minimum atomic E-state index is -1.37. The van der Waals surface area contributed by atoms with Gasteiger partial charge in [0.15, 0.2) is 0 Å². The first-order chi connectivity index (χ1) is 10.9. The summed E-state index contributed by atoms with van der Waals surface area (Å²) in [4.78, 5) is 5.95. The summed E-state index contributed by atoms with van der Waals surface area (Å²) in [6.07, 6.45) is 10.9. The fraction of sp³-hybridized carbons (Fsp3) is 1.00. The van der Waals surface area contributed by atoms with E-state index in [0.717, 1.165) is 18.9 Å². The van der Waals surface area contributed by atoms with Gasteiger partial charge in [0.25, 0.3) is 0 Å². The summed E-state index contributed by atoms with van der Waals surface area (Å²) in [5.41, 5.74) is 17.6. The molecular formula is C16H34N6Si. The van der Waals surface area contributed by atoms with Gasteiger partial charge in [-0.25, -0.2) is 0 Å². The molecule has 0 aliphatic carbocycles. The van der Waals surface area contributed by atoms with Crippen LogP contribution in [0.5, 0.6) is 0 Å². The fourth-order valence-corrected chi connectivity index (χ4v) is 4.44. The number of hydrogen-bond acceptors (Lipinski definition) is 2. The van der Waals surface area contributed by atoms with Crippen molar-refractivity contribution in [1.29, 1.82) is 0 Å². The molecule has 0 N–H and O–H groups in total. The van der Waals surface area contributed by atoms with E-state index in [4.69, 9.17) is 11.1 Å². The van der Waals surface area contributed by atoms with Crippen LogP contribution in [0.25, 0.3) is 20.9 Å². The molecule has 132 valence electrons. The van der Waals surface area contributed by atoms with Gasteiger partial charge in [-0.3, -0.25) is 0 Å². The lowest BCUT2D eigenvalue weighted by Crippen LogP contribution is -2.32. The average Bonchev–Trinajstić information content (AvgIpc) is 2.47. The van der Waals surface area contributed by atoms with Crippen LogP contribution in [0.15, 0.2) is 10.2 Å². The molecule has 2 atom stereocenters. The molecule has 0 heterocycles. The normalized spacial score (nSPS) is 13.7. The molecule has 0 saturated carbocycles. The molecule has 0 bridgehead atoms. The highest BCUT2D eigenvalue weighted by Gasteiger charge is 2.25. The minimum absolute atomic E-state index is 0.188. The molecule has 0 aliphatic heterocycles. The largest absolute Gasteiger partial charge is 0.0905 e. The second kappa shape index (κ2) is 13.3. The molecule has 7 heteroatoms. The van der Waals surface area contributed by atoms with E-state index in [0.29, 0.717) is 0 Å². The minimum Gasteiger partial charge on any atom is -0.0905 e. The van der Waals surface area contributed by atoms with Gasteiger partial charge in [-0.1, -0.05) is 88.2 Å². The lowest BCUT2D eigenvalue weighted by atomic mass is 10.0. The number of hydrogen-bond donors (Lipinski definition) is 0. The zero-order chi connectivity index (χ0) is 17.6. The van der Waals surface area contributed by atoms with Gasteiger partial charge in [-0.15, -0.1) is 0 Å². The van der Waals surface area contributed by atoms with Crippen molar-refractivity contribution < 1.29 is 0 Å². The summed E-state index contributed by atoms with van der Waals surface area (Å²) in [7, 11) is -1.37. The third-order valence-electron chi connectivity index (χ3n) is 4.02. The fourth-order valence-electron chi connectivity index (χ4n) is 2.83. The van der Waals surface area contributed by atoms with Gasteiger partial charge in [0, 0.05) is 30.0 Å². The number of unbranched alkanes of at least 4 members (excludes halogenated alkanes) is 7. The van der Waals surface area contributed by atoms with Gasteiger partial charge in [-0.2, -0.15) is 0 Å². The SMILES string of the molecule is CCCCCCCCCCC(N=[N+]=[N-])C(C[Si](C)(C)C)N=[N+]=[N-]. The van der Waals surface area contributed by atoms with Gasteiger partial charge < -0.3 is 0 Å². The van der Waals surface area contributed by atoms with Gasteiger partial charge in [0.2, 0.25) is 0 Å². The van der Waals surface area contributed by atoms with Crippen LogP contribution in [-0.4, -0.2) is 20.2 Å². The number of azide groups is 2. The van der Waals surface area contributed by atoms with Crippen LogP contribution in [0.2, 0.25) is 25.7 Å². The summed E-state index contributed by atoms with van der Waals surface area (Å²) >= 11 is 0. The molecule has 0 aromatic carbocycles. The van der Waals surface area contributed by atoms with Crippen molar-refractivity contribution in [2.24, 2.45) is 10.2 Å². The Balaban J connectivity index is 4.27. The molecule has 0 aliphatic rings. The lowest BCUT2D eigenvalue weighted by molar-refractivity contribution is 0.478. The van der Waals surface area contributed by atoms with Crippen LogP contribution < -0.4 is 0 Å². The Bertz CT molecular complexity index is 394. The molecule has 0 amide bonds. The monoisotopic (exact) mass is 338 g/mol.